The fourth-order valence-corrected chi connectivity index (χ4v) is 1.36. The van der Waals surface area contributed by atoms with Crippen LogP contribution in [0.2, 0.25) is 0 Å². The Bertz CT molecular complexity index is 330. The van der Waals surface area contributed by atoms with Gasteiger partial charge >= 0.3 is 0 Å². The van der Waals surface area contributed by atoms with Gasteiger partial charge in [0.05, 0.1) is 6.10 Å². The number of halogens is 1. The van der Waals surface area contributed by atoms with E-state index >= 15 is 0 Å². The second kappa shape index (κ2) is 8.02. The molecule has 0 aliphatic carbocycles. The summed E-state index contributed by atoms with van der Waals surface area (Å²) in [5.41, 5.74) is 0. The Kier molecular flexibility index (Phi) is 6.64. The lowest BCUT2D eigenvalue weighted by Crippen LogP contribution is -2.32. The molecule has 4 nitrogen and oxygen atoms in total. The summed E-state index contributed by atoms with van der Waals surface area (Å²) in [5.74, 6) is 0.210. The molecule has 102 valence electrons. The van der Waals surface area contributed by atoms with Crippen LogP contribution >= 0.6 is 0 Å². The SMILES string of the molecule is CC(O)CCNCC(O)COc1ccc(F)cc1. The van der Waals surface area contributed by atoms with Crippen molar-refractivity contribution in [3.63, 3.8) is 0 Å². The van der Waals surface area contributed by atoms with Crippen molar-refractivity contribution in [3.8, 4) is 5.75 Å². The van der Waals surface area contributed by atoms with Gasteiger partial charge in [0.1, 0.15) is 24.3 Å². The van der Waals surface area contributed by atoms with Crippen LogP contribution in [0, 0.1) is 5.82 Å². The number of aliphatic hydroxyl groups excluding tert-OH is 2. The van der Waals surface area contributed by atoms with Crippen LogP contribution in [0.5, 0.6) is 5.75 Å². The molecule has 2 unspecified atom stereocenters. The zero-order chi connectivity index (χ0) is 13.4. The highest BCUT2D eigenvalue weighted by Gasteiger charge is 2.05. The normalized spacial score (nSPS) is 14.2. The van der Waals surface area contributed by atoms with Crippen LogP contribution in [-0.4, -0.2) is 42.1 Å². The van der Waals surface area contributed by atoms with Crippen molar-refractivity contribution in [1.29, 1.82) is 0 Å². The molecule has 0 aliphatic heterocycles. The number of nitrogens with one attached hydrogen (secondary N) is 1. The summed E-state index contributed by atoms with van der Waals surface area (Å²) in [7, 11) is 0. The largest absolute Gasteiger partial charge is 0.491 e. The van der Waals surface area contributed by atoms with E-state index in [1.54, 1.807) is 6.92 Å². The minimum absolute atomic E-state index is 0.146. The molecule has 1 aromatic rings. The third-order valence-electron chi connectivity index (χ3n) is 2.37. The van der Waals surface area contributed by atoms with Crippen LogP contribution < -0.4 is 10.1 Å². The van der Waals surface area contributed by atoms with Crippen LogP contribution in [-0.2, 0) is 0 Å². The number of hydrogen-bond donors (Lipinski definition) is 3. The fourth-order valence-electron chi connectivity index (χ4n) is 1.36. The lowest BCUT2D eigenvalue weighted by molar-refractivity contribution is 0.104. The maximum absolute atomic E-state index is 12.6. The molecule has 3 N–H and O–H groups in total. The van der Waals surface area contributed by atoms with Crippen molar-refractivity contribution in [2.45, 2.75) is 25.6 Å². The third-order valence-corrected chi connectivity index (χ3v) is 2.37. The predicted octanol–water partition coefficient (Wildman–Crippen LogP) is 0.926. The monoisotopic (exact) mass is 257 g/mol. The Hall–Kier alpha value is -1.17. The Balaban J connectivity index is 2.13. The van der Waals surface area contributed by atoms with E-state index in [1.165, 1.54) is 24.3 Å². The maximum atomic E-state index is 12.6. The Morgan fingerprint density at radius 1 is 1.28 bits per heavy atom. The Morgan fingerprint density at radius 2 is 1.94 bits per heavy atom. The van der Waals surface area contributed by atoms with Gasteiger partial charge in [-0.15, -0.1) is 0 Å². The van der Waals surface area contributed by atoms with Crippen molar-refractivity contribution < 1.29 is 19.3 Å². The van der Waals surface area contributed by atoms with Crippen LogP contribution in [0.25, 0.3) is 0 Å². The van der Waals surface area contributed by atoms with Crippen LogP contribution in [0.3, 0.4) is 0 Å². The lowest BCUT2D eigenvalue weighted by atomic mass is 10.3. The average Bonchev–Trinajstić information content (AvgIpc) is 2.34. The molecule has 0 saturated heterocycles. The van der Waals surface area contributed by atoms with Gasteiger partial charge in [0.2, 0.25) is 0 Å². The zero-order valence-corrected chi connectivity index (χ0v) is 10.5. The van der Waals surface area contributed by atoms with E-state index in [9.17, 15) is 9.50 Å². The summed E-state index contributed by atoms with van der Waals surface area (Å²) in [4.78, 5) is 0. The lowest BCUT2D eigenvalue weighted by Gasteiger charge is -2.13. The quantitative estimate of drug-likeness (QED) is 0.606. The van der Waals surface area contributed by atoms with Gasteiger partial charge in [0.15, 0.2) is 0 Å². The molecule has 1 aromatic carbocycles. The molecule has 0 amide bonds. The van der Waals surface area contributed by atoms with Gasteiger partial charge < -0.3 is 20.3 Å². The molecule has 5 heteroatoms. The van der Waals surface area contributed by atoms with Crippen molar-refractivity contribution in [1.82, 2.24) is 5.32 Å². The van der Waals surface area contributed by atoms with Gasteiger partial charge in [-0.3, -0.25) is 0 Å². The molecule has 1 rings (SSSR count). The van der Waals surface area contributed by atoms with E-state index in [4.69, 9.17) is 9.84 Å². The predicted molar refractivity (Wildman–Crippen MR) is 67.1 cm³/mol. The van der Waals surface area contributed by atoms with Gasteiger partial charge in [-0.05, 0) is 44.2 Å². The molecule has 0 bridgehead atoms. The Labute approximate surface area is 106 Å². The summed E-state index contributed by atoms with van der Waals surface area (Å²) >= 11 is 0. The van der Waals surface area contributed by atoms with Gasteiger partial charge in [-0.2, -0.15) is 0 Å². The van der Waals surface area contributed by atoms with Crippen LogP contribution in [0.15, 0.2) is 24.3 Å². The molecule has 0 heterocycles. The van der Waals surface area contributed by atoms with Gasteiger partial charge in [-0.25, -0.2) is 4.39 Å². The average molecular weight is 257 g/mol. The van der Waals surface area contributed by atoms with Crippen LogP contribution in [0.4, 0.5) is 4.39 Å². The standard InChI is InChI=1S/C13H20FNO3/c1-10(16)6-7-15-8-12(17)9-18-13-4-2-11(14)3-5-13/h2-5,10,12,15-17H,6-9H2,1H3. The molecular formula is C13H20FNO3. The number of benzene rings is 1. The third kappa shape index (κ3) is 6.54. The number of aliphatic hydroxyl groups is 2. The summed E-state index contributed by atoms with van der Waals surface area (Å²) in [6.45, 7) is 2.91. The zero-order valence-electron chi connectivity index (χ0n) is 10.5. The molecule has 0 spiro atoms. The van der Waals surface area contributed by atoms with Gasteiger partial charge in [0, 0.05) is 6.54 Å². The molecule has 0 fully saturated rings. The van der Waals surface area contributed by atoms with Gasteiger partial charge in [-0.1, -0.05) is 0 Å². The Morgan fingerprint density at radius 3 is 2.56 bits per heavy atom. The first kappa shape index (κ1) is 14.9. The molecule has 0 saturated carbocycles. The number of rotatable bonds is 8. The maximum Gasteiger partial charge on any atom is 0.123 e. The highest BCUT2D eigenvalue weighted by atomic mass is 19.1. The molecule has 2 atom stereocenters. The summed E-state index contributed by atoms with van der Waals surface area (Å²) in [6.07, 6.45) is -0.333. The molecule has 0 radical (unpaired) electrons. The van der Waals surface area contributed by atoms with E-state index < -0.39 is 6.10 Å². The van der Waals surface area contributed by atoms with Crippen molar-refractivity contribution >= 4 is 0 Å². The highest BCUT2D eigenvalue weighted by Crippen LogP contribution is 2.11. The van der Waals surface area contributed by atoms with E-state index in [2.05, 4.69) is 5.32 Å². The minimum atomic E-state index is -0.635. The van der Waals surface area contributed by atoms with E-state index in [1.807, 2.05) is 0 Å². The van der Waals surface area contributed by atoms with E-state index in [0.29, 0.717) is 25.3 Å². The first-order valence-electron chi connectivity index (χ1n) is 6.03. The van der Waals surface area contributed by atoms with E-state index in [-0.39, 0.29) is 18.5 Å². The second-order valence-corrected chi connectivity index (χ2v) is 4.26. The van der Waals surface area contributed by atoms with Crippen molar-refractivity contribution in [2.24, 2.45) is 0 Å². The molecule has 18 heavy (non-hydrogen) atoms. The fraction of sp³-hybridized carbons (Fsp3) is 0.538. The summed E-state index contributed by atoms with van der Waals surface area (Å²) in [5, 5.41) is 21.7. The molecule has 0 aromatic heterocycles. The van der Waals surface area contributed by atoms with Crippen molar-refractivity contribution in [3.05, 3.63) is 30.1 Å². The van der Waals surface area contributed by atoms with Gasteiger partial charge in [0.25, 0.3) is 0 Å². The summed E-state index contributed by atoms with van der Waals surface area (Å²) < 4.78 is 17.9. The smallest absolute Gasteiger partial charge is 0.123 e. The minimum Gasteiger partial charge on any atom is -0.491 e. The first-order valence-corrected chi connectivity index (χ1v) is 6.03. The van der Waals surface area contributed by atoms with Crippen LogP contribution in [0.1, 0.15) is 13.3 Å². The van der Waals surface area contributed by atoms with E-state index in [0.717, 1.165) is 0 Å². The van der Waals surface area contributed by atoms with Crippen molar-refractivity contribution in [2.75, 3.05) is 19.7 Å². The molecular weight excluding hydrogens is 237 g/mol. The molecule has 0 aliphatic rings. The second-order valence-electron chi connectivity index (χ2n) is 4.26. The number of hydrogen-bond acceptors (Lipinski definition) is 4. The highest BCUT2D eigenvalue weighted by molar-refractivity contribution is 5.22. The summed E-state index contributed by atoms with van der Waals surface area (Å²) in [6, 6.07) is 5.65. The first-order chi connectivity index (χ1) is 8.58. The number of ether oxygens (including phenoxy) is 1. The topological polar surface area (TPSA) is 61.7 Å².